The van der Waals surface area contributed by atoms with Gasteiger partial charge in [0.1, 0.15) is 0 Å². The number of benzene rings is 1. The van der Waals surface area contributed by atoms with Crippen LogP contribution in [0.3, 0.4) is 0 Å². The first-order valence-corrected chi connectivity index (χ1v) is 11.4. The number of fused-ring (bicyclic) bond motifs is 1. The minimum Gasteiger partial charge on any atom is -0.354 e. The van der Waals surface area contributed by atoms with Gasteiger partial charge >= 0.3 is 0 Å². The largest absolute Gasteiger partial charge is 0.354 e. The molecule has 5 nitrogen and oxygen atoms in total. The highest BCUT2D eigenvalue weighted by Crippen LogP contribution is 2.45. The van der Waals surface area contributed by atoms with E-state index in [1.807, 2.05) is 29.2 Å². The Hall–Kier alpha value is -1.59. The number of amides is 2. The average molecular weight is 418 g/mol. The van der Waals surface area contributed by atoms with Gasteiger partial charge in [-0.3, -0.25) is 9.59 Å². The molecule has 6 heteroatoms. The van der Waals surface area contributed by atoms with Crippen LogP contribution in [0.15, 0.2) is 24.3 Å². The summed E-state index contributed by atoms with van der Waals surface area (Å²) in [5, 5.41) is 3.80. The predicted octanol–water partition coefficient (Wildman–Crippen LogP) is 3.35. The Labute approximate surface area is 178 Å². The van der Waals surface area contributed by atoms with Crippen molar-refractivity contribution in [1.82, 2.24) is 15.1 Å². The molecule has 2 amide bonds. The van der Waals surface area contributed by atoms with Crippen LogP contribution < -0.4 is 5.32 Å². The summed E-state index contributed by atoms with van der Waals surface area (Å²) in [6.45, 7) is 1.91. The van der Waals surface area contributed by atoms with Crippen molar-refractivity contribution in [1.29, 1.82) is 0 Å². The van der Waals surface area contributed by atoms with Gasteiger partial charge in [0.25, 0.3) is 0 Å². The van der Waals surface area contributed by atoms with Crippen molar-refractivity contribution in [2.75, 3.05) is 26.7 Å². The molecule has 2 saturated heterocycles. The molecular weight excluding hydrogens is 386 g/mol. The second-order valence-electron chi connectivity index (χ2n) is 9.01. The van der Waals surface area contributed by atoms with Crippen LogP contribution in [-0.4, -0.2) is 60.4 Å². The van der Waals surface area contributed by atoms with Gasteiger partial charge in [0.2, 0.25) is 11.8 Å². The van der Waals surface area contributed by atoms with Crippen LogP contribution >= 0.6 is 11.6 Å². The van der Waals surface area contributed by atoms with E-state index in [9.17, 15) is 9.59 Å². The molecule has 2 atom stereocenters. The molecule has 1 aliphatic carbocycles. The smallest absolute Gasteiger partial charge is 0.232 e. The summed E-state index contributed by atoms with van der Waals surface area (Å²) in [6, 6.07) is 8.38. The highest BCUT2D eigenvalue weighted by atomic mass is 35.5. The van der Waals surface area contributed by atoms with Gasteiger partial charge in [-0.05, 0) is 44.4 Å². The van der Waals surface area contributed by atoms with Gasteiger partial charge in [-0.15, -0.1) is 0 Å². The third-order valence-corrected chi connectivity index (χ3v) is 7.58. The third kappa shape index (κ3) is 4.04. The number of hydrogen-bond acceptors (Lipinski definition) is 3. The van der Waals surface area contributed by atoms with E-state index in [1.54, 1.807) is 0 Å². The lowest BCUT2D eigenvalue weighted by molar-refractivity contribution is -0.129. The SMILES string of the molecule is CN(CCNC(=O)C1(c2ccccc2Cl)CC2CCC(=O)N2C1)C1CCCCC1. The number of nitrogens with zero attached hydrogens (tertiary/aromatic N) is 2. The Bertz CT molecular complexity index is 764. The lowest BCUT2D eigenvalue weighted by Gasteiger charge is -2.32. The monoisotopic (exact) mass is 417 g/mol. The highest BCUT2D eigenvalue weighted by Gasteiger charge is 2.54. The minimum atomic E-state index is -0.748. The number of hydrogen-bond donors (Lipinski definition) is 1. The zero-order valence-electron chi connectivity index (χ0n) is 17.3. The Morgan fingerprint density at radius 1 is 1.24 bits per heavy atom. The summed E-state index contributed by atoms with van der Waals surface area (Å²) >= 11 is 6.53. The minimum absolute atomic E-state index is 0.00449. The van der Waals surface area contributed by atoms with Crippen molar-refractivity contribution in [3.05, 3.63) is 34.9 Å². The number of halogens is 1. The van der Waals surface area contributed by atoms with Gasteiger partial charge in [0.05, 0.1) is 5.41 Å². The number of nitrogens with one attached hydrogen (secondary N) is 1. The van der Waals surface area contributed by atoms with Crippen LogP contribution in [0.4, 0.5) is 0 Å². The summed E-state index contributed by atoms with van der Waals surface area (Å²) in [4.78, 5) is 30.1. The van der Waals surface area contributed by atoms with E-state index in [-0.39, 0.29) is 17.9 Å². The van der Waals surface area contributed by atoms with Gasteiger partial charge in [-0.1, -0.05) is 49.1 Å². The van der Waals surface area contributed by atoms with Crippen molar-refractivity contribution in [3.63, 3.8) is 0 Å². The zero-order valence-corrected chi connectivity index (χ0v) is 18.1. The maximum Gasteiger partial charge on any atom is 0.232 e. The van der Waals surface area contributed by atoms with E-state index in [2.05, 4.69) is 17.3 Å². The Morgan fingerprint density at radius 2 is 2.00 bits per heavy atom. The zero-order chi connectivity index (χ0) is 20.4. The van der Waals surface area contributed by atoms with Crippen LogP contribution in [0.5, 0.6) is 0 Å². The molecule has 1 aromatic rings. The Morgan fingerprint density at radius 3 is 2.72 bits per heavy atom. The molecule has 1 aromatic carbocycles. The van der Waals surface area contributed by atoms with Gasteiger partial charge in [0, 0.05) is 43.2 Å². The molecular formula is C23H32ClN3O2. The molecule has 29 heavy (non-hydrogen) atoms. The van der Waals surface area contributed by atoms with Crippen molar-refractivity contribution in [2.45, 2.75) is 68.9 Å². The first kappa shape index (κ1) is 20.7. The molecule has 0 aromatic heterocycles. The van der Waals surface area contributed by atoms with Crippen molar-refractivity contribution < 1.29 is 9.59 Å². The average Bonchev–Trinajstić information content (AvgIpc) is 3.28. The first-order valence-electron chi connectivity index (χ1n) is 11.0. The molecule has 3 aliphatic rings. The fourth-order valence-corrected chi connectivity index (χ4v) is 5.85. The second-order valence-corrected chi connectivity index (χ2v) is 9.42. The molecule has 0 bridgehead atoms. The molecule has 2 unspecified atom stereocenters. The summed E-state index contributed by atoms with van der Waals surface area (Å²) in [5.74, 6) is 0.165. The van der Waals surface area contributed by atoms with Gasteiger partial charge in [0.15, 0.2) is 0 Å². The van der Waals surface area contributed by atoms with Crippen LogP contribution in [0.1, 0.15) is 56.9 Å². The number of carbonyl (C=O) groups excluding carboxylic acids is 2. The van der Waals surface area contributed by atoms with E-state index in [0.29, 0.717) is 37.0 Å². The molecule has 2 heterocycles. The van der Waals surface area contributed by atoms with Gasteiger partial charge in [-0.25, -0.2) is 0 Å². The molecule has 1 N–H and O–H groups in total. The fraction of sp³-hybridized carbons (Fsp3) is 0.652. The maximum atomic E-state index is 13.5. The van der Waals surface area contributed by atoms with Gasteiger partial charge in [-0.2, -0.15) is 0 Å². The predicted molar refractivity (Wildman–Crippen MR) is 115 cm³/mol. The molecule has 0 spiro atoms. The summed E-state index contributed by atoms with van der Waals surface area (Å²) in [5.41, 5.74) is 0.102. The molecule has 158 valence electrons. The fourth-order valence-electron chi connectivity index (χ4n) is 5.53. The quantitative estimate of drug-likeness (QED) is 0.772. The van der Waals surface area contributed by atoms with E-state index >= 15 is 0 Å². The lowest BCUT2D eigenvalue weighted by Crippen LogP contribution is -2.49. The summed E-state index contributed by atoms with van der Waals surface area (Å²) < 4.78 is 0. The Balaban J connectivity index is 1.46. The third-order valence-electron chi connectivity index (χ3n) is 7.25. The van der Waals surface area contributed by atoms with Crippen molar-refractivity contribution in [2.24, 2.45) is 0 Å². The van der Waals surface area contributed by atoms with E-state index in [1.165, 1.54) is 32.1 Å². The first-order chi connectivity index (χ1) is 14.0. The topological polar surface area (TPSA) is 52.7 Å². The van der Waals surface area contributed by atoms with Crippen LogP contribution in [-0.2, 0) is 15.0 Å². The van der Waals surface area contributed by atoms with Crippen molar-refractivity contribution >= 4 is 23.4 Å². The normalized spacial score (nSPS) is 27.5. The van der Waals surface area contributed by atoms with E-state index < -0.39 is 5.41 Å². The standard InChI is InChI=1S/C23H32ClN3O2/c1-26(17-7-3-2-4-8-17)14-13-25-22(29)23(19-9-5-6-10-20(19)24)15-18-11-12-21(28)27(18)16-23/h5-6,9-10,17-18H,2-4,7-8,11-16H2,1H3,(H,25,29). The number of rotatable bonds is 6. The molecule has 4 rings (SSSR count). The van der Waals surface area contributed by atoms with Crippen LogP contribution in [0, 0.1) is 0 Å². The lowest BCUT2D eigenvalue weighted by atomic mass is 9.76. The summed E-state index contributed by atoms with van der Waals surface area (Å²) in [7, 11) is 2.16. The second kappa shape index (κ2) is 8.65. The molecule has 0 radical (unpaired) electrons. The number of carbonyl (C=O) groups is 2. The van der Waals surface area contributed by atoms with Crippen molar-refractivity contribution in [3.8, 4) is 0 Å². The van der Waals surface area contributed by atoms with Gasteiger partial charge < -0.3 is 15.1 Å². The molecule has 3 fully saturated rings. The van der Waals surface area contributed by atoms with E-state index in [4.69, 9.17) is 11.6 Å². The van der Waals surface area contributed by atoms with Crippen LogP contribution in [0.2, 0.25) is 5.02 Å². The van der Waals surface area contributed by atoms with Crippen LogP contribution in [0.25, 0.3) is 0 Å². The molecule has 1 saturated carbocycles. The van der Waals surface area contributed by atoms with E-state index in [0.717, 1.165) is 18.5 Å². The maximum absolute atomic E-state index is 13.5. The summed E-state index contributed by atoms with van der Waals surface area (Å²) in [6.07, 6.45) is 8.56. The molecule has 2 aliphatic heterocycles. The highest BCUT2D eigenvalue weighted by molar-refractivity contribution is 6.31. The Kier molecular flexibility index (Phi) is 6.16. The number of likely N-dealkylation sites (N-methyl/N-ethyl adjacent to an activating group) is 1.